The molecule has 0 saturated carbocycles. The number of hydrogen-bond donors (Lipinski definition) is 1. The summed E-state index contributed by atoms with van der Waals surface area (Å²) < 4.78 is 24.5. The minimum Gasteiger partial charge on any atom is -0.496 e. The Balaban J connectivity index is 1.89. The van der Waals surface area contributed by atoms with E-state index < -0.39 is 17.6 Å². The molecule has 3 aromatic rings. The molecule has 1 heterocycles. The third-order valence-electron chi connectivity index (χ3n) is 4.88. The molecule has 7 heteroatoms. The molecule has 0 atom stereocenters. The molecule has 6 nitrogen and oxygen atoms in total. The zero-order chi connectivity index (χ0) is 22.0. The zero-order valence-electron chi connectivity index (χ0n) is 16.9. The Morgan fingerprint density at radius 2 is 1.48 bits per heavy atom. The molecule has 0 unspecified atom stereocenters. The van der Waals surface area contributed by atoms with Crippen molar-refractivity contribution in [2.45, 2.75) is 0 Å². The van der Waals surface area contributed by atoms with Crippen molar-refractivity contribution in [2.24, 2.45) is 0 Å². The van der Waals surface area contributed by atoms with Crippen LogP contribution in [0, 0.1) is 5.82 Å². The SMILES string of the molecule is COc1ccccc1C1=C(Nc2cccc(F)c2)C(=O)N(c2ccccc2OC)C1=O. The summed E-state index contributed by atoms with van der Waals surface area (Å²) >= 11 is 0. The van der Waals surface area contributed by atoms with E-state index in [-0.39, 0.29) is 11.3 Å². The maximum Gasteiger partial charge on any atom is 0.282 e. The van der Waals surface area contributed by atoms with Gasteiger partial charge in [-0.2, -0.15) is 0 Å². The summed E-state index contributed by atoms with van der Waals surface area (Å²) in [6.45, 7) is 0. The van der Waals surface area contributed by atoms with Gasteiger partial charge in [-0.1, -0.05) is 36.4 Å². The number of nitrogens with one attached hydrogen (secondary N) is 1. The van der Waals surface area contributed by atoms with E-state index in [2.05, 4.69) is 5.32 Å². The Kier molecular flexibility index (Phi) is 5.41. The van der Waals surface area contributed by atoms with E-state index >= 15 is 0 Å². The van der Waals surface area contributed by atoms with Gasteiger partial charge in [0.25, 0.3) is 11.8 Å². The van der Waals surface area contributed by atoms with Crippen molar-refractivity contribution in [1.82, 2.24) is 0 Å². The number of amides is 2. The zero-order valence-corrected chi connectivity index (χ0v) is 16.9. The second kappa shape index (κ2) is 8.31. The van der Waals surface area contributed by atoms with Crippen LogP contribution in [0.3, 0.4) is 0 Å². The molecule has 1 aliphatic heterocycles. The number of nitrogens with zero attached hydrogens (tertiary/aromatic N) is 1. The fourth-order valence-electron chi connectivity index (χ4n) is 3.49. The third-order valence-corrected chi connectivity index (χ3v) is 4.88. The molecule has 1 aliphatic rings. The second-order valence-electron chi connectivity index (χ2n) is 6.70. The monoisotopic (exact) mass is 418 g/mol. The van der Waals surface area contributed by atoms with E-state index in [0.29, 0.717) is 28.4 Å². The molecule has 4 rings (SSSR count). The van der Waals surface area contributed by atoms with Crippen LogP contribution in [-0.4, -0.2) is 26.0 Å². The summed E-state index contributed by atoms with van der Waals surface area (Å²) in [6.07, 6.45) is 0. The molecule has 31 heavy (non-hydrogen) atoms. The minimum absolute atomic E-state index is 0.0195. The van der Waals surface area contributed by atoms with Gasteiger partial charge in [-0.15, -0.1) is 0 Å². The number of para-hydroxylation sites is 3. The van der Waals surface area contributed by atoms with Crippen LogP contribution in [0.25, 0.3) is 5.57 Å². The Hall–Kier alpha value is -4.13. The number of hydrogen-bond acceptors (Lipinski definition) is 5. The second-order valence-corrected chi connectivity index (χ2v) is 6.70. The van der Waals surface area contributed by atoms with Crippen molar-refractivity contribution >= 4 is 28.8 Å². The number of halogens is 1. The van der Waals surface area contributed by atoms with Crippen molar-refractivity contribution in [3.8, 4) is 11.5 Å². The molecule has 0 spiro atoms. The van der Waals surface area contributed by atoms with Crippen LogP contribution < -0.4 is 19.7 Å². The summed E-state index contributed by atoms with van der Waals surface area (Å²) in [6, 6.07) is 19.3. The predicted molar refractivity (Wildman–Crippen MR) is 115 cm³/mol. The van der Waals surface area contributed by atoms with E-state index in [0.717, 1.165) is 4.90 Å². The highest BCUT2D eigenvalue weighted by atomic mass is 19.1. The van der Waals surface area contributed by atoms with Crippen LogP contribution in [0.1, 0.15) is 5.56 Å². The van der Waals surface area contributed by atoms with Crippen LogP contribution in [0.4, 0.5) is 15.8 Å². The maximum atomic E-state index is 13.7. The maximum absolute atomic E-state index is 13.7. The van der Waals surface area contributed by atoms with Gasteiger partial charge < -0.3 is 14.8 Å². The first-order valence-electron chi connectivity index (χ1n) is 9.47. The van der Waals surface area contributed by atoms with Gasteiger partial charge in [0.15, 0.2) is 0 Å². The van der Waals surface area contributed by atoms with E-state index in [9.17, 15) is 14.0 Å². The van der Waals surface area contributed by atoms with Gasteiger partial charge in [-0.05, 0) is 36.4 Å². The summed E-state index contributed by atoms with van der Waals surface area (Å²) in [4.78, 5) is 28.0. The highest BCUT2D eigenvalue weighted by molar-refractivity contribution is 6.46. The van der Waals surface area contributed by atoms with Gasteiger partial charge in [0.1, 0.15) is 23.0 Å². The lowest BCUT2D eigenvalue weighted by Crippen LogP contribution is -2.32. The predicted octanol–water partition coefficient (Wildman–Crippen LogP) is 4.24. The third kappa shape index (κ3) is 3.61. The van der Waals surface area contributed by atoms with E-state index in [1.165, 1.54) is 32.4 Å². The molecule has 0 aliphatic carbocycles. The van der Waals surface area contributed by atoms with Gasteiger partial charge in [-0.25, -0.2) is 9.29 Å². The van der Waals surface area contributed by atoms with Crippen molar-refractivity contribution < 1.29 is 23.5 Å². The molecule has 0 saturated heterocycles. The first-order chi connectivity index (χ1) is 15.0. The minimum atomic E-state index is -0.584. The summed E-state index contributed by atoms with van der Waals surface area (Å²) in [5.74, 6) is -0.796. The van der Waals surface area contributed by atoms with Crippen LogP contribution in [-0.2, 0) is 9.59 Å². The van der Waals surface area contributed by atoms with Crippen molar-refractivity contribution in [3.63, 3.8) is 0 Å². The number of carbonyl (C=O) groups excluding carboxylic acids is 2. The van der Waals surface area contributed by atoms with Crippen LogP contribution in [0.15, 0.2) is 78.5 Å². The molecule has 156 valence electrons. The van der Waals surface area contributed by atoms with Crippen molar-refractivity contribution in [3.05, 3.63) is 89.9 Å². The van der Waals surface area contributed by atoms with Crippen LogP contribution >= 0.6 is 0 Å². The van der Waals surface area contributed by atoms with Gasteiger partial charge in [-0.3, -0.25) is 9.59 Å². The summed E-state index contributed by atoms with van der Waals surface area (Å²) in [5, 5.41) is 2.93. The van der Waals surface area contributed by atoms with Crippen LogP contribution in [0.2, 0.25) is 0 Å². The highest BCUT2D eigenvalue weighted by Crippen LogP contribution is 2.40. The molecule has 1 N–H and O–H groups in total. The molecule has 0 bridgehead atoms. The number of carbonyl (C=O) groups is 2. The van der Waals surface area contributed by atoms with E-state index in [1.54, 1.807) is 54.6 Å². The van der Waals surface area contributed by atoms with E-state index in [4.69, 9.17) is 9.47 Å². The average Bonchev–Trinajstić information content (AvgIpc) is 3.02. The first kappa shape index (κ1) is 20.2. The Morgan fingerprint density at radius 3 is 2.19 bits per heavy atom. The number of anilines is 2. The van der Waals surface area contributed by atoms with Gasteiger partial charge >= 0.3 is 0 Å². The van der Waals surface area contributed by atoms with Crippen LogP contribution in [0.5, 0.6) is 11.5 Å². The standard InChI is InChI=1S/C24H19FN2O4/c1-30-19-12-5-3-10-17(19)21-22(26-16-9-7-8-15(25)14-16)24(29)27(23(21)28)18-11-4-6-13-20(18)31-2/h3-14,26H,1-2H3. The molecular formula is C24H19FN2O4. The lowest BCUT2D eigenvalue weighted by atomic mass is 10.0. The normalized spacial score (nSPS) is 13.6. The highest BCUT2D eigenvalue weighted by Gasteiger charge is 2.42. The van der Waals surface area contributed by atoms with Gasteiger partial charge in [0, 0.05) is 11.3 Å². The fourth-order valence-corrected chi connectivity index (χ4v) is 3.49. The first-order valence-corrected chi connectivity index (χ1v) is 9.47. The molecule has 3 aromatic carbocycles. The summed E-state index contributed by atoms with van der Waals surface area (Å²) in [7, 11) is 2.95. The lowest BCUT2D eigenvalue weighted by molar-refractivity contribution is -0.120. The number of ether oxygens (including phenoxy) is 2. The summed E-state index contributed by atoms with van der Waals surface area (Å²) in [5.41, 5.74) is 1.23. The Bertz CT molecular complexity index is 1210. The molecular weight excluding hydrogens is 399 g/mol. The van der Waals surface area contributed by atoms with Crippen molar-refractivity contribution in [1.29, 1.82) is 0 Å². The fraction of sp³-hybridized carbons (Fsp3) is 0.0833. The van der Waals surface area contributed by atoms with Gasteiger partial charge in [0.05, 0.1) is 25.5 Å². The lowest BCUT2D eigenvalue weighted by Gasteiger charge is -2.18. The van der Waals surface area contributed by atoms with E-state index in [1.807, 2.05) is 0 Å². The van der Waals surface area contributed by atoms with Gasteiger partial charge in [0.2, 0.25) is 0 Å². The Morgan fingerprint density at radius 1 is 0.806 bits per heavy atom. The average molecular weight is 418 g/mol. The number of methoxy groups -OCH3 is 2. The smallest absolute Gasteiger partial charge is 0.282 e. The molecule has 0 fully saturated rings. The Labute approximate surface area is 178 Å². The topological polar surface area (TPSA) is 67.9 Å². The number of imide groups is 1. The molecule has 0 radical (unpaired) electrons. The molecule has 2 amide bonds. The quantitative estimate of drug-likeness (QED) is 0.607. The van der Waals surface area contributed by atoms with Crippen molar-refractivity contribution in [2.75, 3.05) is 24.4 Å². The largest absolute Gasteiger partial charge is 0.496 e. The number of rotatable bonds is 6. The number of benzene rings is 3. The molecule has 0 aromatic heterocycles.